The molecule has 1 unspecified atom stereocenters. The highest BCUT2D eigenvalue weighted by Gasteiger charge is 2.24. The average Bonchev–Trinajstić information content (AvgIpc) is 3.70. The number of nitrogens with one attached hydrogen (secondary N) is 2. The Morgan fingerprint density at radius 2 is 1.75 bits per heavy atom. The number of pyridine rings is 1. The molecule has 248 valence electrons. The lowest BCUT2D eigenvalue weighted by molar-refractivity contribution is 0.102. The number of fused-ring (bicyclic) bond motifs is 2. The van der Waals surface area contributed by atoms with E-state index in [4.69, 9.17) is 0 Å². The van der Waals surface area contributed by atoms with E-state index in [0.717, 1.165) is 40.8 Å². The molecule has 3 aromatic heterocycles. The predicted molar refractivity (Wildman–Crippen MR) is 177 cm³/mol. The molecular formula is C35H36F2N8O3. The lowest BCUT2D eigenvalue weighted by Gasteiger charge is -2.18. The number of hydrogen-bond donors (Lipinski definition) is 4. The minimum absolute atomic E-state index is 0.171. The van der Waals surface area contributed by atoms with E-state index in [9.17, 15) is 23.8 Å². The van der Waals surface area contributed by atoms with Crippen molar-refractivity contribution in [2.75, 3.05) is 23.7 Å². The summed E-state index contributed by atoms with van der Waals surface area (Å²) in [6.45, 7) is 6.34. The van der Waals surface area contributed by atoms with Crippen LogP contribution in [-0.2, 0) is 13.1 Å². The SMILES string of the molecule is Cc1c(NC(=O)c2cc3n(n2)CCCC3O)cccc1-c1cccc(Nc2nc(C(F)F)nc3cc(CN4CC[C@@H](O)C4)cnc23)c1C. The summed E-state index contributed by atoms with van der Waals surface area (Å²) in [6, 6.07) is 14.7. The van der Waals surface area contributed by atoms with Crippen LogP contribution >= 0.6 is 0 Å². The molecule has 0 aliphatic carbocycles. The van der Waals surface area contributed by atoms with E-state index in [-0.39, 0.29) is 23.5 Å². The average molecular weight is 655 g/mol. The number of nitrogens with zero attached hydrogens (tertiary/aromatic N) is 6. The van der Waals surface area contributed by atoms with Crippen molar-refractivity contribution in [1.29, 1.82) is 0 Å². The maximum absolute atomic E-state index is 14.0. The van der Waals surface area contributed by atoms with E-state index in [1.807, 2.05) is 50.2 Å². The number of aliphatic hydroxyl groups is 2. The number of rotatable bonds is 8. The van der Waals surface area contributed by atoms with Gasteiger partial charge in [0.2, 0.25) is 0 Å². The van der Waals surface area contributed by atoms with Crippen molar-refractivity contribution < 1.29 is 23.8 Å². The van der Waals surface area contributed by atoms with Gasteiger partial charge >= 0.3 is 0 Å². The van der Waals surface area contributed by atoms with Gasteiger partial charge in [-0.1, -0.05) is 24.3 Å². The van der Waals surface area contributed by atoms with Crippen LogP contribution in [0.1, 0.15) is 70.5 Å². The third kappa shape index (κ3) is 6.23. The van der Waals surface area contributed by atoms with Crippen LogP contribution in [0.5, 0.6) is 0 Å². The predicted octanol–water partition coefficient (Wildman–Crippen LogP) is 5.83. The fourth-order valence-corrected chi connectivity index (χ4v) is 6.58. The second-order valence-corrected chi connectivity index (χ2v) is 12.5. The molecule has 2 atom stereocenters. The molecule has 13 heteroatoms. The molecule has 1 saturated heterocycles. The molecule has 0 saturated carbocycles. The molecule has 0 spiro atoms. The molecule has 2 aliphatic heterocycles. The van der Waals surface area contributed by atoms with E-state index in [2.05, 4.69) is 35.6 Å². The number of hydrogen-bond acceptors (Lipinski definition) is 9. The van der Waals surface area contributed by atoms with Crippen LogP contribution in [0, 0.1) is 13.8 Å². The van der Waals surface area contributed by atoms with Crippen molar-refractivity contribution >= 4 is 34.1 Å². The highest BCUT2D eigenvalue weighted by molar-refractivity contribution is 6.04. The smallest absolute Gasteiger partial charge is 0.297 e. The van der Waals surface area contributed by atoms with E-state index in [0.29, 0.717) is 60.6 Å². The number of likely N-dealkylation sites (tertiary alicyclic amines) is 1. The maximum Gasteiger partial charge on any atom is 0.297 e. The summed E-state index contributed by atoms with van der Waals surface area (Å²) in [7, 11) is 0. The van der Waals surface area contributed by atoms with Gasteiger partial charge < -0.3 is 20.8 Å². The first-order valence-corrected chi connectivity index (χ1v) is 16.0. The van der Waals surface area contributed by atoms with E-state index in [1.165, 1.54) is 0 Å². The largest absolute Gasteiger partial charge is 0.392 e. The van der Waals surface area contributed by atoms with Gasteiger partial charge in [-0.05, 0) is 85.2 Å². The van der Waals surface area contributed by atoms with Crippen LogP contribution in [0.25, 0.3) is 22.2 Å². The minimum atomic E-state index is -2.88. The van der Waals surface area contributed by atoms with Crippen molar-refractivity contribution in [3.05, 3.63) is 88.6 Å². The number of benzene rings is 2. The highest BCUT2D eigenvalue weighted by atomic mass is 19.3. The van der Waals surface area contributed by atoms with Gasteiger partial charge in [0.25, 0.3) is 12.3 Å². The van der Waals surface area contributed by atoms with Gasteiger partial charge in [-0.2, -0.15) is 5.10 Å². The van der Waals surface area contributed by atoms with Gasteiger partial charge in [0.05, 0.1) is 23.4 Å². The zero-order chi connectivity index (χ0) is 33.5. The Hall–Kier alpha value is -4.85. The summed E-state index contributed by atoms with van der Waals surface area (Å²) < 4.78 is 29.6. The number of aromatic nitrogens is 5. The number of alkyl halides is 2. The monoisotopic (exact) mass is 654 g/mol. The topological polar surface area (TPSA) is 141 Å². The number of carbonyl (C=O) groups excluding carboxylic acids is 1. The van der Waals surface area contributed by atoms with E-state index < -0.39 is 18.4 Å². The fraction of sp³-hybridized carbons (Fsp3) is 0.343. The van der Waals surface area contributed by atoms with Crippen molar-refractivity contribution in [1.82, 2.24) is 29.6 Å². The molecule has 2 aliphatic rings. The Balaban J connectivity index is 1.17. The number of β-amino-alcohol motifs (C(OH)–C–C–N with tert-alkyl or cyclic N) is 1. The summed E-state index contributed by atoms with van der Waals surface area (Å²) in [5, 5.41) is 30.8. The lowest BCUT2D eigenvalue weighted by Crippen LogP contribution is -2.21. The Morgan fingerprint density at radius 3 is 2.46 bits per heavy atom. The highest BCUT2D eigenvalue weighted by Crippen LogP contribution is 2.36. The number of amides is 1. The quantitative estimate of drug-likeness (QED) is 0.163. The third-order valence-electron chi connectivity index (χ3n) is 9.15. The molecule has 1 fully saturated rings. The maximum atomic E-state index is 14.0. The van der Waals surface area contributed by atoms with Crippen LogP contribution in [-0.4, -0.2) is 64.9 Å². The molecule has 2 aromatic carbocycles. The zero-order valence-corrected chi connectivity index (χ0v) is 26.6. The molecule has 1 amide bonds. The second-order valence-electron chi connectivity index (χ2n) is 12.5. The van der Waals surface area contributed by atoms with E-state index in [1.54, 1.807) is 23.0 Å². The van der Waals surface area contributed by atoms with Crippen LogP contribution in [0.3, 0.4) is 0 Å². The number of halogens is 2. The summed E-state index contributed by atoms with van der Waals surface area (Å²) in [6.07, 6.45) is -0.0423. The summed E-state index contributed by atoms with van der Waals surface area (Å²) >= 11 is 0. The molecule has 7 rings (SSSR count). The van der Waals surface area contributed by atoms with Crippen molar-refractivity contribution in [2.24, 2.45) is 0 Å². The van der Waals surface area contributed by atoms with Gasteiger partial charge in [0.15, 0.2) is 17.3 Å². The third-order valence-corrected chi connectivity index (χ3v) is 9.15. The molecule has 11 nitrogen and oxygen atoms in total. The normalized spacial score (nSPS) is 18.0. The fourth-order valence-electron chi connectivity index (χ4n) is 6.58. The van der Waals surface area contributed by atoms with Gasteiger partial charge in [0, 0.05) is 43.8 Å². The molecule has 0 radical (unpaired) electrons. The molecule has 4 N–H and O–H groups in total. The standard InChI is InChI=1S/C35H36F2N8O3/c1-19-23(24-7-4-9-26(20(24)2)41-35(48)28-15-29-30(47)10-5-12-45(29)43-28)6-3-8-25(19)39-33-31-27(40-34(42-33)32(36)37)14-21(16-38-31)17-44-13-11-22(46)18-44/h3-4,6-9,14-16,22,30,32,46-47H,5,10-13,17-18H2,1-2H3,(H,41,48)(H,39,40,42)/t22-,30?/m1/s1. The van der Waals surface area contributed by atoms with Crippen molar-refractivity contribution in [2.45, 2.75) is 64.8 Å². The lowest BCUT2D eigenvalue weighted by atomic mass is 9.94. The minimum Gasteiger partial charge on any atom is -0.392 e. The summed E-state index contributed by atoms with van der Waals surface area (Å²) in [5.74, 6) is -0.790. The van der Waals surface area contributed by atoms with Gasteiger partial charge in [-0.25, -0.2) is 18.7 Å². The number of aryl methyl sites for hydroxylation is 1. The summed E-state index contributed by atoms with van der Waals surface area (Å²) in [5.41, 5.74) is 7.08. The van der Waals surface area contributed by atoms with Gasteiger partial charge in [0.1, 0.15) is 5.52 Å². The molecule has 5 aromatic rings. The van der Waals surface area contributed by atoms with Crippen molar-refractivity contribution in [3.63, 3.8) is 0 Å². The Labute approximate surface area is 275 Å². The van der Waals surface area contributed by atoms with Crippen LogP contribution < -0.4 is 10.6 Å². The molecule has 0 bridgehead atoms. The molecule has 48 heavy (non-hydrogen) atoms. The molecular weight excluding hydrogens is 618 g/mol. The first-order chi connectivity index (χ1) is 23.1. The first-order valence-electron chi connectivity index (χ1n) is 16.0. The number of carbonyl (C=O) groups is 1. The zero-order valence-electron chi connectivity index (χ0n) is 26.6. The summed E-state index contributed by atoms with van der Waals surface area (Å²) in [4.78, 5) is 28.1. The first kappa shape index (κ1) is 31.7. The Kier molecular flexibility index (Phi) is 8.58. The van der Waals surface area contributed by atoms with Crippen LogP contribution in [0.4, 0.5) is 26.0 Å². The van der Waals surface area contributed by atoms with Crippen LogP contribution in [0.2, 0.25) is 0 Å². The van der Waals surface area contributed by atoms with Crippen LogP contribution in [0.15, 0.2) is 54.7 Å². The molecule has 5 heterocycles. The van der Waals surface area contributed by atoms with Gasteiger partial charge in [-0.3, -0.25) is 19.4 Å². The van der Waals surface area contributed by atoms with Crippen molar-refractivity contribution in [3.8, 4) is 11.1 Å². The Morgan fingerprint density at radius 1 is 1.00 bits per heavy atom. The van der Waals surface area contributed by atoms with E-state index >= 15 is 0 Å². The second kappa shape index (κ2) is 13.0. The van der Waals surface area contributed by atoms with Gasteiger partial charge in [-0.15, -0.1) is 0 Å². The Bertz CT molecular complexity index is 2020. The number of anilines is 3. The number of aliphatic hydroxyl groups excluding tert-OH is 2.